The van der Waals surface area contributed by atoms with Crippen molar-refractivity contribution in [1.29, 1.82) is 5.41 Å². The maximum atomic E-state index is 7.48. The zero-order chi connectivity index (χ0) is 12.7. The molecule has 0 saturated heterocycles. The summed E-state index contributed by atoms with van der Waals surface area (Å²) in [6.45, 7) is 0.715. The lowest BCUT2D eigenvalue weighted by Gasteiger charge is -2.23. The average molecular weight is 247 g/mol. The van der Waals surface area contributed by atoms with Gasteiger partial charge in [-0.25, -0.2) is 0 Å². The molecule has 0 aliphatic carbocycles. The molecule has 17 heavy (non-hydrogen) atoms. The number of pyridine rings is 1. The van der Waals surface area contributed by atoms with E-state index in [1.54, 1.807) is 12.4 Å². The van der Waals surface area contributed by atoms with Crippen molar-refractivity contribution in [2.45, 2.75) is 6.54 Å². The Morgan fingerprint density at radius 1 is 1.59 bits per heavy atom. The van der Waals surface area contributed by atoms with Gasteiger partial charge in [-0.15, -0.1) is 6.42 Å². The van der Waals surface area contributed by atoms with Crippen molar-refractivity contribution in [3.63, 3.8) is 0 Å². The highest BCUT2D eigenvalue weighted by Crippen LogP contribution is 2.03. The molecule has 0 spiro atoms. The van der Waals surface area contributed by atoms with Crippen molar-refractivity contribution >= 4 is 23.3 Å². The molecule has 0 atom stereocenters. The van der Waals surface area contributed by atoms with Crippen LogP contribution in [-0.4, -0.2) is 27.5 Å². The molecule has 0 radical (unpaired) electrons. The van der Waals surface area contributed by atoms with E-state index in [1.165, 1.54) is 4.90 Å². The molecule has 0 saturated carbocycles. The van der Waals surface area contributed by atoms with Crippen molar-refractivity contribution in [1.82, 2.24) is 15.2 Å². The Morgan fingerprint density at radius 2 is 2.24 bits per heavy atom. The molecule has 0 aliphatic rings. The van der Waals surface area contributed by atoms with Gasteiger partial charge in [-0.3, -0.25) is 15.3 Å². The van der Waals surface area contributed by atoms with E-state index in [-0.39, 0.29) is 5.96 Å². The summed E-state index contributed by atoms with van der Waals surface area (Å²) in [6, 6.07) is 3.67. The standard InChI is InChI=1S/C11H13N5S/c1-2-5-15-11(17)16(10(12)13)8-9-3-6-14-7-4-9/h1,3-4,6-7H,5,8H2,(H3,12,13)(H,15,17). The minimum atomic E-state index is -0.128. The molecular formula is C11H13N5S. The first kappa shape index (κ1) is 12.9. The molecule has 4 N–H and O–H groups in total. The number of hydrogen-bond acceptors (Lipinski definition) is 3. The fourth-order valence-corrected chi connectivity index (χ4v) is 1.39. The van der Waals surface area contributed by atoms with Crippen molar-refractivity contribution in [2.75, 3.05) is 6.54 Å². The van der Waals surface area contributed by atoms with Gasteiger partial charge in [0, 0.05) is 12.4 Å². The first-order chi connectivity index (χ1) is 8.15. The molecule has 0 unspecified atom stereocenters. The van der Waals surface area contributed by atoms with E-state index in [0.717, 1.165) is 5.56 Å². The van der Waals surface area contributed by atoms with Crippen LogP contribution in [0.25, 0.3) is 0 Å². The lowest BCUT2D eigenvalue weighted by Crippen LogP contribution is -2.46. The maximum absolute atomic E-state index is 7.48. The van der Waals surface area contributed by atoms with E-state index < -0.39 is 0 Å². The number of hydrogen-bond donors (Lipinski definition) is 3. The van der Waals surface area contributed by atoms with Gasteiger partial charge in [0.25, 0.3) is 0 Å². The number of thiocarbonyl (C=S) groups is 1. The Kier molecular flexibility index (Phi) is 4.91. The maximum Gasteiger partial charge on any atom is 0.195 e. The van der Waals surface area contributed by atoms with E-state index >= 15 is 0 Å². The highest BCUT2D eigenvalue weighted by atomic mass is 32.1. The molecule has 1 aromatic rings. The van der Waals surface area contributed by atoms with E-state index in [9.17, 15) is 0 Å². The number of guanidine groups is 1. The second-order valence-electron chi connectivity index (χ2n) is 3.19. The van der Waals surface area contributed by atoms with Crippen molar-refractivity contribution in [3.8, 4) is 12.3 Å². The van der Waals surface area contributed by atoms with Gasteiger partial charge in [-0.1, -0.05) is 5.92 Å². The summed E-state index contributed by atoms with van der Waals surface area (Å²) in [5, 5.41) is 10.6. The molecular weight excluding hydrogens is 234 g/mol. The van der Waals surface area contributed by atoms with Crippen LogP contribution in [0.3, 0.4) is 0 Å². The van der Waals surface area contributed by atoms with Crippen molar-refractivity contribution in [3.05, 3.63) is 30.1 Å². The van der Waals surface area contributed by atoms with Crippen LogP contribution in [-0.2, 0) is 6.54 Å². The lowest BCUT2D eigenvalue weighted by atomic mass is 10.2. The van der Waals surface area contributed by atoms with Crippen LogP contribution in [0, 0.1) is 17.8 Å². The molecule has 1 heterocycles. The Bertz CT molecular complexity index is 437. The predicted molar refractivity (Wildman–Crippen MR) is 71.1 cm³/mol. The quantitative estimate of drug-likeness (QED) is 0.309. The minimum absolute atomic E-state index is 0.128. The van der Waals surface area contributed by atoms with Gasteiger partial charge in [0.15, 0.2) is 11.1 Å². The average Bonchev–Trinajstić information content (AvgIpc) is 2.34. The van der Waals surface area contributed by atoms with Gasteiger partial charge in [0.05, 0.1) is 13.1 Å². The van der Waals surface area contributed by atoms with Crippen LogP contribution in [0.1, 0.15) is 5.56 Å². The molecule has 5 nitrogen and oxygen atoms in total. The topological polar surface area (TPSA) is 78.0 Å². The largest absolute Gasteiger partial charge is 0.370 e. The van der Waals surface area contributed by atoms with Gasteiger partial charge in [-0.2, -0.15) is 0 Å². The fraction of sp³-hybridized carbons (Fsp3) is 0.182. The van der Waals surface area contributed by atoms with Crippen LogP contribution in [0.2, 0.25) is 0 Å². The van der Waals surface area contributed by atoms with E-state index in [2.05, 4.69) is 16.2 Å². The van der Waals surface area contributed by atoms with Gasteiger partial charge >= 0.3 is 0 Å². The summed E-state index contributed by atoms with van der Waals surface area (Å²) in [5.74, 6) is 2.28. The first-order valence-corrected chi connectivity index (χ1v) is 5.27. The number of nitrogens with zero attached hydrogens (tertiary/aromatic N) is 2. The van der Waals surface area contributed by atoms with E-state index in [0.29, 0.717) is 18.2 Å². The number of nitrogens with one attached hydrogen (secondary N) is 2. The molecule has 0 fully saturated rings. The lowest BCUT2D eigenvalue weighted by molar-refractivity contribution is 0.581. The molecule has 0 bridgehead atoms. The molecule has 0 aliphatic heterocycles. The van der Waals surface area contributed by atoms with Crippen LogP contribution in [0.4, 0.5) is 0 Å². The Balaban J connectivity index is 2.71. The van der Waals surface area contributed by atoms with Gasteiger partial charge < -0.3 is 11.1 Å². The second kappa shape index (κ2) is 6.45. The smallest absolute Gasteiger partial charge is 0.195 e. The number of rotatable bonds is 3. The Labute approximate surface area is 106 Å². The van der Waals surface area contributed by atoms with Crippen LogP contribution < -0.4 is 11.1 Å². The minimum Gasteiger partial charge on any atom is -0.370 e. The Hall–Kier alpha value is -2.13. The van der Waals surface area contributed by atoms with Crippen LogP contribution >= 0.6 is 12.2 Å². The molecule has 1 rings (SSSR count). The zero-order valence-corrected chi connectivity index (χ0v) is 10.00. The monoisotopic (exact) mass is 247 g/mol. The zero-order valence-electron chi connectivity index (χ0n) is 9.18. The third-order valence-electron chi connectivity index (χ3n) is 1.97. The SMILES string of the molecule is C#CCNC(=S)N(Cc1ccncc1)C(=N)N. The molecule has 1 aromatic heterocycles. The second-order valence-corrected chi connectivity index (χ2v) is 3.58. The summed E-state index contributed by atoms with van der Waals surface area (Å²) >= 11 is 5.10. The van der Waals surface area contributed by atoms with Crippen LogP contribution in [0.5, 0.6) is 0 Å². The van der Waals surface area contributed by atoms with Gasteiger partial charge in [0.1, 0.15) is 0 Å². The van der Waals surface area contributed by atoms with Crippen molar-refractivity contribution < 1.29 is 0 Å². The Morgan fingerprint density at radius 3 is 2.76 bits per heavy atom. The van der Waals surface area contributed by atoms with Crippen LogP contribution in [0.15, 0.2) is 24.5 Å². The predicted octanol–water partition coefficient (Wildman–Crippen LogP) is 0.285. The highest BCUT2D eigenvalue weighted by molar-refractivity contribution is 7.80. The third-order valence-corrected chi connectivity index (χ3v) is 2.33. The molecule has 6 heteroatoms. The fourth-order valence-electron chi connectivity index (χ4n) is 1.16. The summed E-state index contributed by atoms with van der Waals surface area (Å²) in [4.78, 5) is 5.37. The van der Waals surface area contributed by atoms with Gasteiger partial charge in [0.2, 0.25) is 0 Å². The number of terminal acetylenes is 1. The summed E-state index contributed by atoms with van der Waals surface area (Å²) in [7, 11) is 0. The first-order valence-electron chi connectivity index (χ1n) is 4.87. The molecule has 88 valence electrons. The summed E-state index contributed by atoms with van der Waals surface area (Å²) in [5.41, 5.74) is 6.43. The van der Waals surface area contributed by atoms with E-state index in [1.807, 2.05) is 12.1 Å². The number of aromatic nitrogens is 1. The molecule has 0 amide bonds. The van der Waals surface area contributed by atoms with Crippen molar-refractivity contribution in [2.24, 2.45) is 5.73 Å². The third kappa shape index (κ3) is 4.09. The van der Waals surface area contributed by atoms with Gasteiger partial charge in [-0.05, 0) is 29.9 Å². The summed E-state index contributed by atoms with van der Waals surface area (Å²) < 4.78 is 0. The molecule has 0 aromatic carbocycles. The van der Waals surface area contributed by atoms with E-state index in [4.69, 9.17) is 29.8 Å². The normalized spacial score (nSPS) is 9.12. The number of nitrogens with two attached hydrogens (primary N) is 1. The highest BCUT2D eigenvalue weighted by Gasteiger charge is 2.12. The summed E-state index contributed by atoms with van der Waals surface area (Å²) in [6.07, 6.45) is 8.47.